The summed E-state index contributed by atoms with van der Waals surface area (Å²) in [5.74, 6) is -1.58. The van der Waals surface area contributed by atoms with Crippen LogP contribution in [0.25, 0.3) is 0 Å². The third kappa shape index (κ3) is 6.07. The number of hydrogen-bond acceptors (Lipinski definition) is 4. The van der Waals surface area contributed by atoms with E-state index in [1.54, 1.807) is 18.2 Å². The minimum Gasteiger partial charge on any atom is -0.481 e. The molecule has 1 aliphatic carbocycles. The molecule has 7 nitrogen and oxygen atoms in total. The first kappa shape index (κ1) is 29.7. The molecule has 4 rings (SSSR count). The van der Waals surface area contributed by atoms with Gasteiger partial charge in [-0.1, -0.05) is 51.4 Å². The van der Waals surface area contributed by atoms with Crippen LogP contribution in [-0.2, 0) is 9.59 Å². The summed E-state index contributed by atoms with van der Waals surface area (Å²) in [5, 5.41) is 11.4. The van der Waals surface area contributed by atoms with E-state index in [0.717, 1.165) is 31.2 Å². The molecule has 40 heavy (non-hydrogen) atoms. The second-order valence-electron chi connectivity index (χ2n) is 11.8. The highest BCUT2D eigenvalue weighted by atomic mass is 35.5. The predicted octanol–water partition coefficient (Wildman–Crippen LogP) is 6.40. The van der Waals surface area contributed by atoms with Gasteiger partial charge in [0.05, 0.1) is 17.5 Å². The number of rotatable bonds is 8. The molecule has 0 radical (unpaired) electrons. The second-order valence-corrected chi connectivity index (χ2v) is 12.2. The Morgan fingerprint density at radius 2 is 1.82 bits per heavy atom. The number of nitrogens with one attached hydrogen (secondary N) is 1. The van der Waals surface area contributed by atoms with Gasteiger partial charge in [-0.15, -0.1) is 0 Å². The van der Waals surface area contributed by atoms with Crippen molar-refractivity contribution in [2.45, 2.75) is 77.9 Å². The number of benzene rings is 2. The molecular weight excluding hydrogens is 533 g/mol. The summed E-state index contributed by atoms with van der Waals surface area (Å²) in [5.41, 5.74) is 1.52. The first-order valence-corrected chi connectivity index (χ1v) is 14.2. The Labute approximate surface area is 239 Å². The Bertz CT molecular complexity index is 1310. The van der Waals surface area contributed by atoms with E-state index in [0.29, 0.717) is 29.2 Å². The van der Waals surface area contributed by atoms with Gasteiger partial charge in [-0.3, -0.25) is 19.4 Å². The average molecular weight is 570 g/mol. The van der Waals surface area contributed by atoms with Gasteiger partial charge in [-0.25, -0.2) is 4.39 Å². The van der Waals surface area contributed by atoms with E-state index < -0.39 is 17.4 Å². The summed E-state index contributed by atoms with van der Waals surface area (Å²) in [7, 11) is 0. The maximum atomic E-state index is 14.1. The minimum atomic E-state index is -0.980. The number of carbonyl (C=O) groups excluding carboxylic acids is 2. The van der Waals surface area contributed by atoms with E-state index in [1.165, 1.54) is 12.1 Å². The number of nitrogens with zero attached hydrogens (tertiary/aromatic N) is 2. The monoisotopic (exact) mass is 569 g/mol. The standard InChI is InChI=1S/C31H37ClFN3O4/c1-5-25(19-6-8-20(9-7-19)28(39)34-17-14-26(37)38)36-29(40)27(21-10-11-24(33)23(32)18-21)35-31(36)15-12-22(13-16-31)30(2,3)4/h6-11,18,22,25H,5,12-17H2,1-4H3,(H,34,39)(H,37,38)/t22?,25-,31?/m1/s1. The largest absolute Gasteiger partial charge is 0.481 e. The van der Waals surface area contributed by atoms with Crippen molar-refractivity contribution in [1.82, 2.24) is 10.2 Å². The quantitative estimate of drug-likeness (QED) is 0.384. The number of carboxylic acids is 1. The molecule has 2 aromatic carbocycles. The maximum absolute atomic E-state index is 14.1. The smallest absolute Gasteiger partial charge is 0.305 e. The lowest BCUT2D eigenvalue weighted by Gasteiger charge is -2.47. The molecule has 1 saturated carbocycles. The summed E-state index contributed by atoms with van der Waals surface area (Å²) >= 11 is 6.08. The molecule has 1 aliphatic heterocycles. The SMILES string of the molecule is CC[C@H](c1ccc(C(=O)NCCC(=O)O)cc1)N1C(=O)C(c2ccc(F)c(Cl)c2)=NC12CCC(C(C)(C)C)CC2. The van der Waals surface area contributed by atoms with Crippen molar-refractivity contribution in [3.63, 3.8) is 0 Å². The predicted molar refractivity (Wildman–Crippen MR) is 153 cm³/mol. The van der Waals surface area contributed by atoms with E-state index in [1.807, 2.05) is 24.0 Å². The molecule has 214 valence electrons. The van der Waals surface area contributed by atoms with Crippen molar-refractivity contribution >= 4 is 35.1 Å². The first-order valence-electron chi connectivity index (χ1n) is 13.8. The Balaban J connectivity index is 1.66. The Morgan fingerprint density at radius 1 is 1.18 bits per heavy atom. The van der Waals surface area contributed by atoms with Gasteiger partial charge in [0.1, 0.15) is 17.2 Å². The molecule has 1 fully saturated rings. The zero-order valence-electron chi connectivity index (χ0n) is 23.5. The summed E-state index contributed by atoms with van der Waals surface area (Å²) in [4.78, 5) is 44.3. The van der Waals surface area contributed by atoms with E-state index >= 15 is 0 Å². The summed E-state index contributed by atoms with van der Waals surface area (Å²) in [6.07, 6.45) is 3.78. The topological polar surface area (TPSA) is 99.1 Å². The van der Waals surface area contributed by atoms with E-state index in [-0.39, 0.29) is 41.3 Å². The van der Waals surface area contributed by atoms with Crippen molar-refractivity contribution in [1.29, 1.82) is 0 Å². The van der Waals surface area contributed by atoms with Gasteiger partial charge < -0.3 is 15.3 Å². The van der Waals surface area contributed by atoms with Gasteiger partial charge in [-0.2, -0.15) is 0 Å². The summed E-state index contributed by atoms with van der Waals surface area (Å²) in [6.45, 7) is 8.80. The normalized spacial score (nSPS) is 21.9. The van der Waals surface area contributed by atoms with Crippen LogP contribution in [0.15, 0.2) is 47.5 Å². The fraction of sp³-hybridized carbons (Fsp3) is 0.484. The van der Waals surface area contributed by atoms with Crippen LogP contribution < -0.4 is 5.32 Å². The minimum absolute atomic E-state index is 0.0430. The van der Waals surface area contributed by atoms with Gasteiger partial charge in [0, 0.05) is 17.7 Å². The van der Waals surface area contributed by atoms with Crippen LogP contribution in [0.3, 0.4) is 0 Å². The highest BCUT2D eigenvalue weighted by Gasteiger charge is 2.52. The Morgan fingerprint density at radius 3 is 2.38 bits per heavy atom. The van der Waals surface area contributed by atoms with Crippen LogP contribution in [0.1, 0.15) is 93.7 Å². The third-order valence-corrected chi connectivity index (χ3v) is 8.56. The molecule has 0 aromatic heterocycles. The zero-order chi connectivity index (χ0) is 29.2. The average Bonchev–Trinajstić information content (AvgIpc) is 3.17. The summed E-state index contributed by atoms with van der Waals surface area (Å²) in [6, 6.07) is 11.1. The second kappa shape index (κ2) is 11.7. The van der Waals surface area contributed by atoms with Gasteiger partial charge in [0.2, 0.25) is 0 Å². The molecular formula is C31H37ClFN3O4. The lowest BCUT2D eigenvalue weighted by molar-refractivity contribution is -0.137. The molecule has 2 N–H and O–H groups in total. The van der Waals surface area contributed by atoms with Crippen molar-refractivity contribution < 1.29 is 23.9 Å². The van der Waals surface area contributed by atoms with E-state index in [9.17, 15) is 18.8 Å². The van der Waals surface area contributed by atoms with Crippen LogP contribution in [0.2, 0.25) is 5.02 Å². The Kier molecular flexibility index (Phi) is 8.69. The molecule has 1 heterocycles. The highest BCUT2D eigenvalue weighted by Crippen LogP contribution is 2.49. The fourth-order valence-electron chi connectivity index (χ4n) is 5.98. The molecule has 0 unspecified atom stereocenters. The van der Waals surface area contributed by atoms with Crippen molar-refractivity contribution in [3.05, 3.63) is 70.0 Å². The van der Waals surface area contributed by atoms with Crippen LogP contribution >= 0.6 is 11.6 Å². The van der Waals surface area contributed by atoms with Crippen LogP contribution in [0.5, 0.6) is 0 Å². The molecule has 9 heteroatoms. The number of aliphatic imine (C=N–C) groups is 1. The van der Waals surface area contributed by atoms with E-state index in [4.69, 9.17) is 21.7 Å². The number of carbonyl (C=O) groups is 3. The van der Waals surface area contributed by atoms with Gasteiger partial charge >= 0.3 is 5.97 Å². The van der Waals surface area contributed by atoms with Gasteiger partial charge in [0.15, 0.2) is 0 Å². The van der Waals surface area contributed by atoms with Gasteiger partial charge in [-0.05, 0) is 79.3 Å². The highest BCUT2D eigenvalue weighted by molar-refractivity contribution is 6.47. The number of carboxylic acid groups (broad SMARTS) is 1. The molecule has 2 aromatic rings. The van der Waals surface area contributed by atoms with Crippen LogP contribution in [0, 0.1) is 17.2 Å². The molecule has 0 bridgehead atoms. The summed E-state index contributed by atoms with van der Waals surface area (Å²) < 4.78 is 13.9. The lowest BCUT2D eigenvalue weighted by atomic mass is 9.69. The van der Waals surface area contributed by atoms with Crippen LogP contribution in [0.4, 0.5) is 4.39 Å². The zero-order valence-corrected chi connectivity index (χ0v) is 24.2. The van der Waals surface area contributed by atoms with Crippen LogP contribution in [-0.4, -0.2) is 45.7 Å². The molecule has 1 atom stereocenters. The third-order valence-electron chi connectivity index (χ3n) is 8.27. The fourth-order valence-corrected chi connectivity index (χ4v) is 6.16. The van der Waals surface area contributed by atoms with E-state index in [2.05, 4.69) is 26.1 Å². The van der Waals surface area contributed by atoms with Crippen molar-refractivity contribution in [2.24, 2.45) is 16.3 Å². The lowest BCUT2D eigenvalue weighted by Crippen LogP contribution is -2.51. The number of aliphatic carboxylic acids is 1. The number of amides is 2. The van der Waals surface area contributed by atoms with Gasteiger partial charge in [0.25, 0.3) is 11.8 Å². The molecule has 1 spiro atoms. The van der Waals surface area contributed by atoms with Crippen molar-refractivity contribution in [3.8, 4) is 0 Å². The first-order chi connectivity index (χ1) is 18.9. The van der Waals surface area contributed by atoms with Crippen molar-refractivity contribution in [2.75, 3.05) is 6.54 Å². The number of hydrogen-bond donors (Lipinski definition) is 2. The number of halogens is 2. The molecule has 0 saturated heterocycles. The molecule has 2 aliphatic rings. The Hall–Kier alpha value is -3.26. The maximum Gasteiger partial charge on any atom is 0.305 e. The molecule has 2 amide bonds.